The second-order valence-electron chi connectivity index (χ2n) is 9.44. The van der Waals surface area contributed by atoms with Crippen molar-refractivity contribution in [1.29, 1.82) is 0 Å². The molecule has 1 spiro atoms. The second kappa shape index (κ2) is 10.9. The van der Waals surface area contributed by atoms with Gasteiger partial charge >= 0.3 is 0 Å². The van der Waals surface area contributed by atoms with Crippen LogP contribution in [0.15, 0.2) is 29.5 Å². The van der Waals surface area contributed by atoms with Gasteiger partial charge in [0.1, 0.15) is 5.82 Å². The number of allylic oxidation sites excluding steroid dienone is 2. The molecule has 2 saturated heterocycles. The van der Waals surface area contributed by atoms with E-state index in [2.05, 4.69) is 22.5 Å². The summed E-state index contributed by atoms with van der Waals surface area (Å²) in [5.41, 5.74) is 0.0123. The number of imide groups is 1. The van der Waals surface area contributed by atoms with Crippen LogP contribution in [-0.2, 0) is 9.59 Å². The average molecular weight is 414 g/mol. The summed E-state index contributed by atoms with van der Waals surface area (Å²) in [4.78, 5) is 33.6. The first-order valence-electron chi connectivity index (χ1n) is 12.0. The Kier molecular flexibility index (Phi) is 8.29. The van der Waals surface area contributed by atoms with Crippen LogP contribution in [0.4, 0.5) is 0 Å². The lowest BCUT2D eigenvalue weighted by atomic mass is 9.76. The van der Waals surface area contributed by atoms with Crippen molar-refractivity contribution < 1.29 is 9.59 Å². The largest absolute Gasteiger partial charge is 0.357 e. The molecule has 1 aliphatic carbocycles. The molecule has 0 aromatic carbocycles. The van der Waals surface area contributed by atoms with Crippen LogP contribution in [-0.4, -0.2) is 47.5 Å². The molecule has 166 valence electrons. The van der Waals surface area contributed by atoms with Gasteiger partial charge in [-0.2, -0.15) is 0 Å². The van der Waals surface area contributed by atoms with Crippen molar-refractivity contribution >= 4 is 18.0 Å². The zero-order valence-corrected chi connectivity index (χ0v) is 18.8. The first-order chi connectivity index (χ1) is 14.6. The van der Waals surface area contributed by atoms with Gasteiger partial charge in [-0.3, -0.25) is 14.5 Å². The predicted octanol–water partition coefficient (Wildman–Crippen LogP) is 5.09. The van der Waals surface area contributed by atoms with E-state index in [0.717, 1.165) is 50.5 Å². The van der Waals surface area contributed by atoms with Crippen LogP contribution in [0.2, 0.25) is 0 Å². The van der Waals surface area contributed by atoms with E-state index in [-0.39, 0.29) is 17.2 Å². The van der Waals surface area contributed by atoms with Crippen LogP contribution in [0, 0.1) is 11.3 Å². The fourth-order valence-electron chi connectivity index (χ4n) is 5.62. The highest BCUT2D eigenvalue weighted by molar-refractivity contribution is 5.98. The molecule has 30 heavy (non-hydrogen) atoms. The van der Waals surface area contributed by atoms with E-state index in [4.69, 9.17) is 0 Å². The maximum atomic E-state index is 12.6. The SMILES string of the molecule is C=C/C=N\C(=C/C)N1CCCC(CCCCN2C(=O)CC3(CCCC3)CC2=O)CC1. The molecule has 1 saturated carbocycles. The molecule has 1 atom stereocenters. The fraction of sp³-hybridized carbons (Fsp3) is 0.720. The summed E-state index contributed by atoms with van der Waals surface area (Å²) in [6, 6.07) is 0. The lowest BCUT2D eigenvalue weighted by Crippen LogP contribution is -2.47. The van der Waals surface area contributed by atoms with Crippen molar-refractivity contribution in [1.82, 2.24) is 9.80 Å². The summed E-state index contributed by atoms with van der Waals surface area (Å²) < 4.78 is 0. The summed E-state index contributed by atoms with van der Waals surface area (Å²) in [6.07, 6.45) is 18.1. The van der Waals surface area contributed by atoms with Gasteiger partial charge in [0.05, 0.1) is 0 Å². The number of carbonyl (C=O) groups excluding carboxylic acids is 2. The van der Waals surface area contributed by atoms with Crippen molar-refractivity contribution in [3.8, 4) is 0 Å². The van der Waals surface area contributed by atoms with Crippen molar-refractivity contribution in [2.75, 3.05) is 19.6 Å². The van der Waals surface area contributed by atoms with Gasteiger partial charge in [0.25, 0.3) is 0 Å². The van der Waals surface area contributed by atoms with Crippen LogP contribution >= 0.6 is 0 Å². The van der Waals surface area contributed by atoms with E-state index in [1.807, 2.05) is 6.92 Å². The minimum absolute atomic E-state index is 0.0123. The Morgan fingerprint density at radius 1 is 1.10 bits per heavy atom. The highest BCUT2D eigenvalue weighted by Crippen LogP contribution is 2.46. The summed E-state index contributed by atoms with van der Waals surface area (Å²) in [5.74, 6) is 1.93. The number of amides is 2. The standard InChI is InChI=1S/C25H39N3O2/c1-3-15-26-22(4-2)27-16-9-11-21(12-18-27)10-5-8-17-28-23(29)19-25(20-24(28)30)13-6-7-14-25/h3-4,15,21H,1,5-14,16-20H2,2H3/b22-4+,26-15-. The van der Waals surface area contributed by atoms with Gasteiger partial charge in [-0.25, -0.2) is 4.99 Å². The first-order valence-corrected chi connectivity index (χ1v) is 12.0. The molecule has 0 radical (unpaired) electrons. The Morgan fingerprint density at radius 3 is 2.50 bits per heavy atom. The number of hydrogen-bond donors (Lipinski definition) is 0. The van der Waals surface area contributed by atoms with Gasteiger partial charge in [0, 0.05) is 38.7 Å². The van der Waals surface area contributed by atoms with Gasteiger partial charge in [-0.05, 0) is 62.9 Å². The van der Waals surface area contributed by atoms with Crippen LogP contribution in [0.1, 0.15) is 84.0 Å². The second-order valence-corrected chi connectivity index (χ2v) is 9.44. The smallest absolute Gasteiger partial charge is 0.229 e. The molecule has 2 heterocycles. The number of rotatable bonds is 8. The monoisotopic (exact) mass is 413 g/mol. The molecule has 2 aliphatic heterocycles. The van der Waals surface area contributed by atoms with Gasteiger partial charge < -0.3 is 4.90 Å². The van der Waals surface area contributed by atoms with Crippen LogP contribution in [0.25, 0.3) is 0 Å². The van der Waals surface area contributed by atoms with Gasteiger partial charge in [-0.15, -0.1) is 0 Å². The quantitative estimate of drug-likeness (QED) is 0.316. The van der Waals surface area contributed by atoms with Gasteiger partial charge in [0.2, 0.25) is 11.8 Å². The van der Waals surface area contributed by atoms with E-state index in [9.17, 15) is 9.59 Å². The molecule has 1 unspecified atom stereocenters. The zero-order chi connectivity index (χ0) is 21.4. The first kappa shape index (κ1) is 22.8. The molecule has 0 aromatic heterocycles. The highest BCUT2D eigenvalue weighted by atomic mass is 16.2. The molecule has 5 heteroatoms. The summed E-state index contributed by atoms with van der Waals surface area (Å²) in [5, 5.41) is 0. The maximum absolute atomic E-state index is 12.6. The Hall–Kier alpha value is -1.91. The van der Waals surface area contributed by atoms with E-state index < -0.39 is 0 Å². The number of likely N-dealkylation sites (tertiary alicyclic amines) is 2. The molecule has 5 nitrogen and oxygen atoms in total. The number of nitrogens with zero attached hydrogens (tertiary/aromatic N) is 3. The Labute approximate surface area is 182 Å². The normalized spacial score (nSPS) is 25.4. The molecule has 3 fully saturated rings. The molecule has 0 aromatic rings. The Bertz CT molecular complexity index is 656. The molecule has 2 amide bonds. The highest BCUT2D eigenvalue weighted by Gasteiger charge is 2.44. The fourth-order valence-corrected chi connectivity index (χ4v) is 5.62. The molecular formula is C25H39N3O2. The number of piperidine rings is 1. The van der Waals surface area contributed by atoms with E-state index in [1.54, 1.807) is 17.2 Å². The molecule has 3 aliphatic rings. The molecule has 3 rings (SSSR count). The minimum atomic E-state index is 0.0123. The third-order valence-corrected chi connectivity index (χ3v) is 7.30. The van der Waals surface area contributed by atoms with Crippen molar-refractivity contribution in [2.24, 2.45) is 16.3 Å². The predicted molar refractivity (Wildman–Crippen MR) is 122 cm³/mol. The zero-order valence-electron chi connectivity index (χ0n) is 18.8. The van der Waals surface area contributed by atoms with E-state index >= 15 is 0 Å². The van der Waals surface area contributed by atoms with Crippen molar-refractivity contribution in [3.63, 3.8) is 0 Å². The topological polar surface area (TPSA) is 53.0 Å². The third kappa shape index (κ3) is 5.83. The lowest BCUT2D eigenvalue weighted by Gasteiger charge is -2.37. The average Bonchev–Trinajstić information content (AvgIpc) is 3.03. The summed E-state index contributed by atoms with van der Waals surface area (Å²) >= 11 is 0. The lowest BCUT2D eigenvalue weighted by molar-refractivity contribution is -0.153. The van der Waals surface area contributed by atoms with E-state index in [1.165, 1.54) is 38.5 Å². The van der Waals surface area contributed by atoms with Crippen molar-refractivity contribution in [2.45, 2.75) is 84.0 Å². The molecule has 0 N–H and O–H groups in total. The summed E-state index contributed by atoms with van der Waals surface area (Å²) in [6.45, 7) is 8.46. The van der Waals surface area contributed by atoms with Crippen LogP contribution in [0.5, 0.6) is 0 Å². The summed E-state index contributed by atoms with van der Waals surface area (Å²) in [7, 11) is 0. The Morgan fingerprint density at radius 2 is 1.83 bits per heavy atom. The maximum Gasteiger partial charge on any atom is 0.229 e. The van der Waals surface area contributed by atoms with Crippen molar-refractivity contribution in [3.05, 3.63) is 24.6 Å². The minimum Gasteiger partial charge on any atom is -0.357 e. The number of hydrogen-bond acceptors (Lipinski definition) is 4. The van der Waals surface area contributed by atoms with Gasteiger partial charge in [-0.1, -0.05) is 38.3 Å². The van der Waals surface area contributed by atoms with Crippen LogP contribution in [0.3, 0.4) is 0 Å². The molecule has 0 bridgehead atoms. The third-order valence-electron chi connectivity index (χ3n) is 7.30. The Balaban J connectivity index is 1.38. The van der Waals surface area contributed by atoms with Crippen LogP contribution < -0.4 is 0 Å². The van der Waals surface area contributed by atoms with Gasteiger partial charge in [0.15, 0.2) is 0 Å². The van der Waals surface area contributed by atoms with E-state index in [0.29, 0.717) is 19.4 Å². The number of carbonyl (C=O) groups is 2. The number of aliphatic imine (C=N–C) groups is 1. The number of unbranched alkanes of at least 4 members (excludes halogenated alkanes) is 1. The molecular weight excluding hydrogens is 374 g/mol.